The topological polar surface area (TPSA) is 74.7 Å². The molecule has 1 N–H and O–H groups in total. The molecule has 0 atom stereocenters. The summed E-state index contributed by atoms with van der Waals surface area (Å²) in [5, 5.41) is 8.72. The molecule has 0 saturated carbocycles. The number of hydrogen-bond acceptors (Lipinski definition) is 3. The Labute approximate surface area is 120 Å². The molecule has 0 unspecified atom stereocenters. The number of carboxylic acid groups (broad SMARTS) is 1. The highest BCUT2D eigenvalue weighted by Gasteiger charge is 2.33. The summed E-state index contributed by atoms with van der Waals surface area (Å²) in [5.74, 6) is -1.38. The monoisotopic (exact) mass is 325 g/mol. The molecule has 118 valence electrons. The molecular weight excluding hydrogens is 311 g/mol. The van der Waals surface area contributed by atoms with Crippen LogP contribution in [0.1, 0.15) is 18.9 Å². The molecule has 1 aromatic carbocycles. The van der Waals surface area contributed by atoms with Gasteiger partial charge < -0.3 is 5.11 Å². The van der Waals surface area contributed by atoms with Crippen LogP contribution in [0.5, 0.6) is 0 Å². The van der Waals surface area contributed by atoms with Crippen LogP contribution >= 0.6 is 0 Å². The lowest BCUT2D eigenvalue weighted by Gasteiger charge is -2.20. The fourth-order valence-electron chi connectivity index (χ4n) is 1.67. The number of alkyl halides is 3. The van der Waals surface area contributed by atoms with E-state index in [1.54, 1.807) is 6.92 Å². The van der Waals surface area contributed by atoms with Crippen molar-refractivity contribution in [2.45, 2.75) is 24.4 Å². The molecule has 0 aliphatic carbocycles. The zero-order chi connectivity index (χ0) is 16.3. The summed E-state index contributed by atoms with van der Waals surface area (Å²) < 4.78 is 62.9. The molecule has 9 heteroatoms. The van der Waals surface area contributed by atoms with Crippen LogP contribution in [0.25, 0.3) is 0 Å². The third-order valence-electron chi connectivity index (χ3n) is 2.58. The van der Waals surface area contributed by atoms with Gasteiger partial charge in [0, 0.05) is 6.54 Å². The first-order chi connectivity index (χ1) is 9.59. The van der Waals surface area contributed by atoms with Crippen molar-refractivity contribution < 1.29 is 31.5 Å². The minimum Gasteiger partial charge on any atom is -0.480 e. The molecule has 0 amide bonds. The van der Waals surface area contributed by atoms with Crippen molar-refractivity contribution in [3.8, 4) is 0 Å². The van der Waals surface area contributed by atoms with Crippen LogP contribution < -0.4 is 0 Å². The Kier molecular flexibility index (Phi) is 5.35. The summed E-state index contributed by atoms with van der Waals surface area (Å²) >= 11 is 0. The summed E-state index contributed by atoms with van der Waals surface area (Å²) in [6.45, 7) is 0.744. The highest BCUT2D eigenvalue weighted by atomic mass is 32.2. The van der Waals surface area contributed by atoms with Crippen LogP contribution in [0.4, 0.5) is 13.2 Å². The molecule has 1 rings (SSSR count). The second kappa shape index (κ2) is 6.44. The smallest absolute Gasteiger partial charge is 0.416 e. The molecule has 0 saturated heterocycles. The molecule has 0 spiro atoms. The van der Waals surface area contributed by atoms with E-state index in [-0.39, 0.29) is 6.54 Å². The quantitative estimate of drug-likeness (QED) is 0.870. The molecule has 21 heavy (non-hydrogen) atoms. The summed E-state index contributed by atoms with van der Waals surface area (Å²) in [5.41, 5.74) is -1.10. The summed E-state index contributed by atoms with van der Waals surface area (Å²) in [7, 11) is -4.29. The molecule has 0 bridgehead atoms. The van der Waals surface area contributed by atoms with Gasteiger partial charge in [0.2, 0.25) is 10.0 Å². The number of carbonyl (C=O) groups is 1. The number of benzene rings is 1. The predicted molar refractivity (Wildman–Crippen MR) is 68.1 cm³/mol. The van der Waals surface area contributed by atoms with Crippen molar-refractivity contribution in [1.29, 1.82) is 0 Å². The van der Waals surface area contributed by atoms with E-state index in [1.807, 2.05) is 0 Å². The molecular formula is C12H14F3NO4S. The highest BCUT2D eigenvalue weighted by Crippen LogP contribution is 2.31. The molecule has 0 aliphatic heterocycles. The minimum atomic E-state index is -4.67. The fraction of sp³-hybridized carbons (Fsp3) is 0.417. The van der Waals surface area contributed by atoms with Gasteiger partial charge >= 0.3 is 12.1 Å². The van der Waals surface area contributed by atoms with E-state index in [9.17, 15) is 26.4 Å². The molecule has 0 radical (unpaired) electrons. The van der Waals surface area contributed by atoms with Gasteiger partial charge in [-0.3, -0.25) is 4.79 Å². The Bertz CT molecular complexity index is 613. The first-order valence-corrected chi connectivity index (χ1v) is 7.42. The predicted octanol–water partition coefficient (Wildman–Crippen LogP) is 2.19. The fourth-order valence-corrected chi connectivity index (χ4v) is 3.19. The van der Waals surface area contributed by atoms with Crippen molar-refractivity contribution in [2.24, 2.45) is 0 Å². The SMILES string of the molecule is CCCN(CC(=O)O)S(=O)(=O)c1cccc(C(F)(F)F)c1. The Hall–Kier alpha value is -1.61. The van der Waals surface area contributed by atoms with Gasteiger partial charge in [-0.15, -0.1) is 0 Å². The van der Waals surface area contributed by atoms with Crippen LogP contribution in [0.2, 0.25) is 0 Å². The van der Waals surface area contributed by atoms with Gasteiger partial charge in [0.25, 0.3) is 0 Å². The van der Waals surface area contributed by atoms with Crippen LogP contribution in [-0.2, 0) is 21.0 Å². The summed E-state index contributed by atoms with van der Waals surface area (Å²) in [4.78, 5) is 10.1. The maximum absolute atomic E-state index is 12.6. The average molecular weight is 325 g/mol. The summed E-state index contributed by atoms with van der Waals surface area (Å²) in [6, 6.07) is 3.23. The van der Waals surface area contributed by atoms with E-state index in [1.165, 1.54) is 0 Å². The first-order valence-electron chi connectivity index (χ1n) is 5.98. The van der Waals surface area contributed by atoms with Crippen molar-refractivity contribution >= 4 is 16.0 Å². The standard InChI is InChI=1S/C12H14F3NO4S/c1-2-6-16(8-11(17)18)21(19,20)10-5-3-4-9(7-10)12(13,14)15/h3-5,7H,2,6,8H2,1H3,(H,17,18). The third kappa shape index (κ3) is 4.43. The maximum atomic E-state index is 12.6. The van der Waals surface area contributed by atoms with Gasteiger partial charge in [-0.25, -0.2) is 8.42 Å². The number of aliphatic carboxylic acids is 1. The van der Waals surface area contributed by atoms with Crippen LogP contribution in [0.3, 0.4) is 0 Å². The Morgan fingerprint density at radius 2 is 1.95 bits per heavy atom. The first kappa shape index (κ1) is 17.4. The average Bonchev–Trinajstić information content (AvgIpc) is 2.37. The third-order valence-corrected chi connectivity index (χ3v) is 4.42. The van der Waals surface area contributed by atoms with Gasteiger partial charge in [0.15, 0.2) is 0 Å². The number of rotatable bonds is 6. The lowest BCUT2D eigenvalue weighted by molar-refractivity contribution is -0.138. The second-order valence-corrected chi connectivity index (χ2v) is 6.20. The van der Waals surface area contributed by atoms with Crippen molar-refractivity contribution in [3.63, 3.8) is 0 Å². The van der Waals surface area contributed by atoms with E-state index in [0.717, 1.165) is 18.2 Å². The second-order valence-electron chi connectivity index (χ2n) is 4.26. The van der Waals surface area contributed by atoms with Crippen LogP contribution in [0.15, 0.2) is 29.2 Å². The van der Waals surface area contributed by atoms with Gasteiger partial charge in [0.1, 0.15) is 6.54 Å². The Morgan fingerprint density at radius 1 is 1.33 bits per heavy atom. The zero-order valence-electron chi connectivity index (χ0n) is 11.1. The van der Waals surface area contributed by atoms with Crippen LogP contribution in [0, 0.1) is 0 Å². The normalized spacial score (nSPS) is 12.6. The Morgan fingerprint density at radius 3 is 2.43 bits per heavy atom. The lowest BCUT2D eigenvalue weighted by Crippen LogP contribution is -2.36. The molecule has 0 aromatic heterocycles. The number of carboxylic acids is 1. The number of sulfonamides is 1. The highest BCUT2D eigenvalue weighted by molar-refractivity contribution is 7.89. The van der Waals surface area contributed by atoms with Gasteiger partial charge in [-0.1, -0.05) is 13.0 Å². The number of nitrogens with zero attached hydrogens (tertiary/aromatic N) is 1. The van der Waals surface area contributed by atoms with E-state index in [4.69, 9.17) is 5.11 Å². The minimum absolute atomic E-state index is 0.0924. The Balaban J connectivity index is 3.25. The van der Waals surface area contributed by atoms with Crippen molar-refractivity contribution in [1.82, 2.24) is 4.31 Å². The van der Waals surface area contributed by atoms with E-state index >= 15 is 0 Å². The lowest BCUT2D eigenvalue weighted by atomic mass is 10.2. The van der Waals surface area contributed by atoms with E-state index < -0.39 is 39.2 Å². The van der Waals surface area contributed by atoms with Gasteiger partial charge in [-0.05, 0) is 24.6 Å². The zero-order valence-corrected chi connectivity index (χ0v) is 11.9. The molecule has 1 aromatic rings. The van der Waals surface area contributed by atoms with E-state index in [0.29, 0.717) is 16.8 Å². The van der Waals surface area contributed by atoms with Gasteiger partial charge in [0.05, 0.1) is 10.5 Å². The van der Waals surface area contributed by atoms with Crippen molar-refractivity contribution in [3.05, 3.63) is 29.8 Å². The van der Waals surface area contributed by atoms with Crippen LogP contribution in [-0.4, -0.2) is 36.9 Å². The number of hydrogen-bond donors (Lipinski definition) is 1. The molecule has 0 aliphatic rings. The molecule has 5 nitrogen and oxygen atoms in total. The maximum Gasteiger partial charge on any atom is 0.416 e. The summed E-state index contributed by atoms with van der Waals surface area (Å²) in [6.07, 6.45) is -4.33. The molecule has 0 heterocycles. The van der Waals surface area contributed by atoms with E-state index in [2.05, 4.69) is 0 Å². The largest absolute Gasteiger partial charge is 0.480 e. The number of halogens is 3. The molecule has 0 fully saturated rings. The van der Waals surface area contributed by atoms with Gasteiger partial charge in [-0.2, -0.15) is 17.5 Å². The van der Waals surface area contributed by atoms with Crippen molar-refractivity contribution in [2.75, 3.05) is 13.1 Å².